The van der Waals surface area contributed by atoms with Crippen molar-refractivity contribution in [2.45, 2.75) is 12.8 Å². The van der Waals surface area contributed by atoms with Crippen molar-refractivity contribution in [3.8, 4) is 0 Å². The number of likely N-dealkylation sites (tertiary alicyclic amines) is 1. The molecular weight excluding hydrogens is 258 g/mol. The Balaban J connectivity index is 1.99. The van der Waals surface area contributed by atoms with Crippen LogP contribution in [0.5, 0.6) is 0 Å². The molecule has 1 N–H and O–H groups in total. The molecule has 20 heavy (non-hydrogen) atoms. The lowest BCUT2D eigenvalue weighted by molar-refractivity contribution is -0.138. The molecule has 0 aliphatic carbocycles. The lowest BCUT2D eigenvalue weighted by atomic mass is 10.1. The molecule has 1 saturated heterocycles. The summed E-state index contributed by atoms with van der Waals surface area (Å²) in [7, 11) is 3.78. The number of aliphatic carboxylic acids is 1. The second-order valence-electron chi connectivity index (χ2n) is 5.30. The van der Waals surface area contributed by atoms with Gasteiger partial charge in [-0.05, 0) is 24.5 Å². The maximum absolute atomic E-state index is 12.3. The molecule has 1 unspecified atom stereocenters. The maximum Gasteiger partial charge on any atom is 0.303 e. The summed E-state index contributed by atoms with van der Waals surface area (Å²) >= 11 is 0. The highest BCUT2D eigenvalue weighted by Crippen LogP contribution is 2.21. The second-order valence-corrected chi connectivity index (χ2v) is 5.30. The van der Waals surface area contributed by atoms with E-state index in [9.17, 15) is 9.59 Å². The van der Waals surface area contributed by atoms with Crippen LogP contribution in [-0.4, -0.2) is 54.1 Å². The van der Waals surface area contributed by atoms with Gasteiger partial charge in [-0.3, -0.25) is 9.59 Å². The van der Waals surface area contributed by atoms with E-state index in [1.807, 2.05) is 19.0 Å². The first-order chi connectivity index (χ1) is 9.47. The highest BCUT2D eigenvalue weighted by atomic mass is 16.4. The quantitative estimate of drug-likeness (QED) is 0.891. The third-order valence-electron chi connectivity index (χ3n) is 3.49. The molecule has 1 fully saturated rings. The number of amides is 1. The van der Waals surface area contributed by atoms with Gasteiger partial charge in [0.2, 0.25) is 0 Å². The average molecular weight is 277 g/mol. The van der Waals surface area contributed by atoms with Gasteiger partial charge in [0, 0.05) is 39.8 Å². The first kappa shape index (κ1) is 14.3. The number of rotatable bonds is 4. The van der Waals surface area contributed by atoms with Crippen LogP contribution < -0.4 is 4.90 Å². The van der Waals surface area contributed by atoms with E-state index < -0.39 is 5.97 Å². The summed E-state index contributed by atoms with van der Waals surface area (Å²) in [6.07, 6.45) is 2.45. The van der Waals surface area contributed by atoms with Crippen LogP contribution in [0, 0.1) is 5.92 Å². The van der Waals surface area contributed by atoms with E-state index in [2.05, 4.69) is 4.98 Å². The van der Waals surface area contributed by atoms with Crippen LogP contribution in [0.4, 0.5) is 5.82 Å². The molecule has 108 valence electrons. The zero-order valence-corrected chi connectivity index (χ0v) is 11.7. The monoisotopic (exact) mass is 277 g/mol. The van der Waals surface area contributed by atoms with Gasteiger partial charge in [-0.15, -0.1) is 0 Å². The average Bonchev–Trinajstić information content (AvgIpc) is 2.85. The van der Waals surface area contributed by atoms with Gasteiger partial charge in [-0.25, -0.2) is 4.98 Å². The van der Waals surface area contributed by atoms with Crippen molar-refractivity contribution in [3.05, 3.63) is 23.9 Å². The molecule has 1 amide bonds. The van der Waals surface area contributed by atoms with E-state index in [0.717, 1.165) is 12.2 Å². The predicted molar refractivity (Wildman–Crippen MR) is 74.8 cm³/mol. The predicted octanol–water partition coefficient (Wildman–Crippen LogP) is 1.08. The number of aromatic nitrogens is 1. The van der Waals surface area contributed by atoms with Gasteiger partial charge in [0.25, 0.3) is 5.91 Å². The first-order valence-corrected chi connectivity index (χ1v) is 6.62. The second kappa shape index (κ2) is 5.90. The summed E-state index contributed by atoms with van der Waals surface area (Å²) in [5.74, 6) is -0.0193. The number of hydrogen-bond donors (Lipinski definition) is 1. The van der Waals surface area contributed by atoms with Crippen LogP contribution >= 0.6 is 0 Å². The van der Waals surface area contributed by atoms with E-state index in [4.69, 9.17) is 5.11 Å². The van der Waals surface area contributed by atoms with Crippen molar-refractivity contribution in [1.29, 1.82) is 0 Å². The summed E-state index contributed by atoms with van der Waals surface area (Å²) in [6, 6.07) is 3.56. The minimum atomic E-state index is -0.804. The van der Waals surface area contributed by atoms with Gasteiger partial charge < -0.3 is 14.9 Å². The van der Waals surface area contributed by atoms with Crippen LogP contribution in [-0.2, 0) is 4.79 Å². The number of carbonyl (C=O) groups is 2. The van der Waals surface area contributed by atoms with Crippen LogP contribution in [0.25, 0.3) is 0 Å². The van der Waals surface area contributed by atoms with Crippen LogP contribution in [0.2, 0.25) is 0 Å². The lowest BCUT2D eigenvalue weighted by Crippen LogP contribution is -2.29. The van der Waals surface area contributed by atoms with Gasteiger partial charge in [-0.2, -0.15) is 0 Å². The normalized spacial score (nSPS) is 18.1. The third-order valence-corrected chi connectivity index (χ3v) is 3.49. The number of carboxylic acid groups (broad SMARTS) is 1. The van der Waals surface area contributed by atoms with Crippen LogP contribution in [0.3, 0.4) is 0 Å². The molecule has 0 radical (unpaired) electrons. The fraction of sp³-hybridized carbons (Fsp3) is 0.500. The molecule has 2 heterocycles. The molecule has 0 aromatic carbocycles. The summed E-state index contributed by atoms with van der Waals surface area (Å²) < 4.78 is 0. The SMILES string of the molecule is CN(C)c1ccc(C(=O)N2CCC(CC(=O)O)C2)cn1. The maximum atomic E-state index is 12.3. The molecular formula is C14H19N3O3. The van der Waals surface area contributed by atoms with Gasteiger partial charge in [0.05, 0.1) is 5.56 Å². The highest BCUT2D eigenvalue weighted by molar-refractivity contribution is 5.94. The molecule has 2 rings (SSSR count). The van der Waals surface area contributed by atoms with Crippen molar-refractivity contribution < 1.29 is 14.7 Å². The molecule has 1 aliphatic heterocycles. The van der Waals surface area contributed by atoms with Crippen LogP contribution in [0.15, 0.2) is 18.3 Å². The fourth-order valence-electron chi connectivity index (χ4n) is 2.39. The molecule has 6 nitrogen and oxygen atoms in total. The standard InChI is InChI=1S/C14H19N3O3/c1-16(2)12-4-3-11(8-15-12)14(20)17-6-5-10(9-17)7-13(18)19/h3-4,8,10H,5-7,9H2,1-2H3,(H,18,19). The highest BCUT2D eigenvalue weighted by Gasteiger charge is 2.28. The van der Waals surface area contributed by atoms with E-state index in [-0.39, 0.29) is 18.2 Å². The van der Waals surface area contributed by atoms with Gasteiger partial charge in [0.1, 0.15) is 5.82 Å². The van der Waals surface area contributed by atoms with Gasteiger partial charge in [-0.1, -0.05) is 0 Å². The van der Waals surface area contributed by atoms with E-state index >= 15 is 0 Å². The Morgan fingerprint density at radius 2 is 2.20 bits per heavy atom. The van der Waals surface area contributed by atoms with E-state index in [1.165, 1.54) is 0 Å². The van der Waals surface area contributed by atoms with Gasteiger partial charge >= 0.3 is 5.97 Å². The number of anilines is 1. The Kier molecular flexibility index (Phi) is 4.22. The van der Waals surface area contributed by atoms with Crippen LogP contribution in [0.1, 0.15) is 23.2 Å². The zero-order chi connectivity index (χ0) is 14.7. The molecule has 1 aromatic heterocycles. The van der Waals surface area contributed by atoms with Crippen molar-refractivity contribution in [3.63, 3.8) is 0 Å². The van der Waals surface area contributed by atoms with Crippen molar-refractivity contribution in [2.75, 3.05) is 32.1 Å². The number of hydrogen-bond acceptors (Lipinski definition) is 4. The number of carbonyl (C=O) groups excluding carboxylic acids is 1. The Morgan fingerprint density at radius 1 is 1.45 bits per heavy atom. The lowest BCUT2D eigenvalue weighted by Gasteiger charge is -2.17. The Morgan fingerprint density at radius 3 is 2.75 bits per heavy atom. The molecule has 0 spiro atoms. The Bertz CT molecular complexity index is 499. The Hall–Kier alpha value is -2.11. The minimum absolute atomic E-state index is 0.0606. The zero-order valence-electron chi connectivity index (χ0n) is 11.7. The van der Waals surface area contributed by atoms with Crippen molar-refractivity contribution >= 4 is 17.7 Å². The molecule has 0 saturated carbocycles. The molecule has 1 aliphatic rings. The smallest absolute Gasteiger partial charge is 0.303 e. The molecule has 1 atom stereocenters. The van der Waals surface area contributed by atoms with Crippen molar-refractivity contribution in [2.24, 2.45) is 5.92 Å². The van der Waals surface area contributed by atoms with Gasteiger partial charge in [0.15, 0.2) is 0 Å². The summed E-state index contributed by atoms with van der Waals surface area (Å²) in [4.78, 5) is 30.8. The number of pyridine rings is 1. The largest absolute Gasteiger partial charge is 0.481 e. The van der Waals surface area contributed by atoms with E-state index in [1.54, 1.807) is 23.2 Å². The van der Waals surface area contributed by atoms with E-state index in [0.29, 0.717) is 18.7 Å². The summed E-state index contributed by atoms with van der Waals surface area (Å²) in [5.41, 5.74) is 0.548. The third kappa shape index (κ3) is 3.26. The Labute approximate surface area is 118 Å². The summed E-state index contributed by atoms with van der Waals surface area (Å²) in [6.45, 7) is 1.13. The number of carboxylic acids is 1. The topological polar surface area (TPSA) is 73.7 Å². The minimum Gasteiger partial charge on any atom is -0.481 e. The van der Waals surface area contributed by atoms with Crippen molar-refractivity contribution in [1.82, 2.24) is 9.88 Å². The summed E-state index contributed by atoms with van der Waals surface area (Å²) in [5, 5.41) is 8.78. The number of nitrogens with zero attached hydrogens (tertiary/aromatic N) is 3. The molecule has 0 bridgehead atoms. The first-order valence-electron chi connectivity index (χ1n) is 6.62. The molecule has 6 heteroatoms. The fourth-order valence-corrected chi connectivity index (χ4v) is 2.39. The molecule has 1 aromatic rings.